The van der Waals surface area contributed by atoms with Crippen LogP contribution in [0, 0.1) is 5.82 Å². The molecule has 3 aromatic rings. The molecule has 0 saturated carbocycles. The molecule has 0 amide bonds. The Morgan fingerprint density at radius 3 is 2.40 bits per heavy atom. The highest BCUT2D eigenvalue weighted by molar-refractivity contribution is 5.72. The van der Waals surface area contributed by atoms with Gasteiger partial charge in [0.05, 0.1) is 17.7 Å². The smallest absolute Gasteiger partial charge is 0.175 e. The Morgan fingerprint density at radius 1 is 1.00 bits per heavy atom. The third-order valence-electron chi connectivity index (χ3n) is 3.11. The topological polar surface area (TPSA) is 46.3 Å². The summed E-state index contributed by atoms with van der Waals surface area (Å²) in [6.45, 7) is -0.266. The van der Waals surface area contributed by atoms with Crippen LogP contribution in [0.2, 0.25) is 0 Å². The van der Waals surface area contributed by atoms with Gasteiger partial charge in [0.1, 0.15) is 11.5 Å². The van der Waals surface area contributed by atoms with Crippen LogP contribution >= 0.6 is 0 Å². The minimum absolute atomic E-state index is 0.266. The van der Waals surface area contributed by atoms with Crippen LogP contribution in [-0.2, 0) is 6.61 Å². The van der Waals surface area contributed by atoms with Gasteiger partial charge in [-0.15, -0.1) is 0 Å². The molecule has 1 heterocycles. The summed E-state index contributed by atoms with van der Waals surface area (Å²) in [5.74, 6) is -0.137. The van der Waals surface area contributed by atoms with E-state index in [0.717, 1.165) is 5.56 Å². The second-order valence-corrected chi connectivity index (χ2v) is 4.34. The summed E-state index contributed by atoms with van der Waals surface area (Å²) in [6, 6.07) is 15.6. The van der Waals surface area contributed by atoms with Gasteiger partial charge < -0.3 is 9.63 Å². The zero-order valence-corrected chi connectivity index (χ0v) is 10.6. The van der Waals surface area contributed by atoms with Crippen molar-refractivity contribution in [3.63, 3.8) is 0 Å². The largest absolute Gasteiger partial charge is 0.391 e. The number of aromatic nitrogens is 1. The second kappa shape index (κ2) is 5.27. The van der Waals surface area contributed by atoms with Crippen molar-refractivity contribution in [2.75, 3.05) is 0 Å². The van der Waals surface area contributed by atoms with E-state index in [1.165, 1.54) is 6.07 Å². The molecule has 3 nitrogen and oxygen atoms in total. The SMILES string of the molecule is OCc1c(-c2ccccc2)noc1-c1ccccc1F. The van der Waals surface area contributed by atoms with E-state index < -0.39 is 5.82 Å². The van der Waals surface area contributed by atoms with Crippen molar-refractivity contribution in [1.82, 2.24) is 5.16 Å². The number of hydrogen-bond acceptors (Lipinski definition) is 3. The maximum absolute atomic E-state index is 13.8. The highest BCUT2D eigenvalue weighted by atomic mass is 19.1. The highest BCUT2D eigenvalue weighted by Gasteiger charge is 2.20. The lowest BCUT2D eigenvalue weighted by atomic mass is 10.0. The molecule has 0 spiro atoms. The summed E-state index contributed by atoms with van der Waals surface area (Å²) >= 11 is 0. The number of benzene rings is 2. The molecule has 20 heavy (non-hydrogen) atoms. The van der Waals surface area contributed by atoms with Crippen LogP contribution in [0.3, 0.4) is 0 Å². The van der Waals surface area contributed by atoms with Gasteiger partial charge >= 0.3 is 0 Å². The number of halogens is 1. The van der Waals surface area contributed by atoms with Gasteiger partial charge in [0.25, 0.3) is 0 Å². The lowest BCUT2D eigenvalue weighted by Gasteiger charge is -2.02. The second-order valence-electron chi connectivity index (χ2n) is 4.34. The average molecular weight is 269 g/mol. The third-order valence-corrected chi connectivity index (χ3v) is 3.11. The molecular weight excluding hydrogens is 257 g/mol. The summed E-state index contributed by atoms with van der Waals surface area (Å²) in [5, 5.41) is 13.6. The molecule has 0 aliphatic heterocycles. The van der Waals surface area contributed by atoms with E-state index in [4.69, 9.17) is 4.52 Å². The van der Waals surface area contributed by atoms with Crippen molar-refractivity contribution >= 4 is 0 Å². The molecule has 0 aliphatic rings. The highest BCUT2D eigenvalue weighted by Crippen LogP contribution is 2.33. The first kappa shape index (κ1) is 12.6. The molecule has 1 aromatic heterocycles. The van der Waals surface area contributed by atoms with Crippen LogP contribution in [0.5, 0.6) is 0 Å². The normalized spacial score (nSPS) is 10.7. The van der Waals surface area contributed by atoms with Crippen molar-refractivity contribution in [2.24, 2.45) is 0 Å². The molecule has 0 fully saturated rings. The molecule has 0 radical (unpaired) electrons. The van der Waals surface area contributed by atoms with Gasteiger partial charge in [-0.25, -0.2) is 4.39 Å². The molecule has 100 valence electrons. The first-order chi connectivity index (χ1) is 9.81. The molecule has 2 aromatic carbocycles. The fraction of sp³-hybridized carbons (Fsp3) is 0.0625. The lowest BCUT2D eigenvalue weighted by molar-refractivity contribution is 0.281. The molecule has 4 heteroatoms. The Balaban J connectivity index is 2.16. The van der Waals surface area contributed by atoms with E-state index in [-0.39, 0.29) is 12.4 Å². The van der Waals surface area contributed by atoms with Crippen LogP contribution in [0.1, 0.15) is 5.56 Å². The van der Waals surface area contributed by atoms with Crippen molar-refractivity contribution in [2.45, 2.75) is 6.61 Å². The molecule has 0 saturated heterocycles. The molecule has 3 rings (SSSR count). The average Bonchev–Trinajstić information content (AvgIpc) is 2.92. The van der Waals surface area contributed by atoms with Crippen LogP contribution in [-0.4, -0.2) is 10.3 Å². The number of rotatable bonds is 3. The van der Waals surface area contributed by atoms with Crippen molar-refractivity contribution in [1.29, 1.82) is 0 Å². The zero-order valence-electron chi connectivity index (χ0n) is 10.6. The van der Waals surface area contributed by atoms with Gasteiger partial charge in [0.2, 0.25) is 0 Å². The monoisotopic (exact) mass is 269 g/mol. The van der Waals surface area contributed by atoms with Crippen LogP contribution in [0.25, 0.3) is 22.6 Å². The van der Waals surface area contributed by atoms with E-state index in [0.29, 0.717) is 16.8 Å². The van der Waals surface area contributed by atoms with E-state index >= 15 is 0 Å². The van der Waals surface area contributed by atoms with Crippen LogP contribution in [0.15, 0.2) is 59.1 Å². The standard InChI is InChI=1S/C16H12FNO2/c17-14-9-5-4-8-12(14)16-13(10-19)15(18-20-16)11-6-2-1-3-7-11/h1-9,19H,10H2. The maximum atomic E-state index is 13.8. The molecule has 0 unspecified atom stereocenters. The molecule has 1 N–H and O–H groups in total. The fourth-order valence-electron chi connectivity index (χ4n) is 2.14. The van der Waals surface area contributed by atoms with E-state index in [1.807, 2.05) is 30.3 Å². The predicted molar refractivity (Wildman–Crippen MR) is 73.3 cm³/mol. The Morgan fingerprint density at radius 2 is 1.70 bits per heavy atom. The van der Waals surface area contributed by atoms with Crippen LogP contribution < -0.4 is 0 Å². The minimum atomic E-state index is -0.405. The maximum Gasteiger partial charge on any atom is 0.175 e. The van der Waals surface area contributed by atoms with E-state index in [9.17, 15) is 9.50 Å². The lowest BCUT2D eigenvalue weighted by Crippen LogP contribution is -1.90. The van der Waals surface area contributed by atoms with Crippen LogP contribution in [0.4, 0.5) is 4.39 Å². The van der Waals surface area contributed by atoms with Gasteiger partial charge in [-0.2, -0.15) is 0 Å². The van der Waals surface area contributed by atoms with Crippen molar-refractivity contribution in [3.05, 3.63) is 66.0 Å². The summed E-state index contributed by atoms with van der Waals surface area (Å²) < 4.78 is 19.1. The summed E-state index contributed by atoms with van der Waals surface area (Å²) in [4.78, 5) is 0. The molecule has 0 bridgehead atoms. The quantitative estimate of drug-likeness (QED) is 0.789. The molecule has 0 aliphatic carbocycles. The minimum Gasteiger partial charge on any atom is -0.391 e. The van der Waals surface area contributed by atoms with Gasteiger partial charge in [-0.1, -0.05) is 47.6 Å². The van der Waals surface area contributed by atoms with Gasteiger partial charge in [0, 0.05) is 5.56 Å². The fourth-order valence-corrected chi connectivity index (χ4v) is 2.14. The number of aliphatic hydroxyl groups excluding tert-OH is 1. The molecule has 0 atom stereocenters. The first-order valence-corrected chi connectivity index (χ1v) is 6.21. The molecular formula is C16H12FNO2. The third kappa shape index (κ3) is 2.10. The number of nitrogens with zero attached hydrogens (tertiary/aromatic N) is 1. The Labute approximate surface area is 115 Å². The Kier molecular flexibility index (Phi) is 3.31. The van der Waals surface area contributed by atoms with E-state index in [2.05, 4.69) is 5.16 Å². The van der Waals surface area contributed by atoms with Gasteiger partial charge in [0.15, 0.2) is 5.76 Å². The first-order valence-electron chi connectivity index (χ1n) is 6.21. The summed E-state index contributed by atoms with van der Waals surface area (Å²) in [6.07, 6.45) is 0. The number of aliphatic hydroxyl groups is 1. The van der Waals surface area contributed by atoms with Crippen molar-refractivity contribution < 1.29 is 14.0 Å². The Hall–Kier alpha value is -2.46. The zero-order chi connectivity index (χ0) is 13.9. The number of hydrogen-bond donors (Lipinski definition) is 1. The summed E-state index contributed by atoms with van der Waals surface area (Å²) in [7, 11) is 0. The van der Waals surface area contributed by atoms with Gasteiger partial charge in [-0.05, 0) is 12.1 Å². The summed E-state index contributed by atoms with van der Waals surface area (Å²) in [5.41, 5.74) is 2.14. The van der Waals surface area contributed by atoms with E-state index in [1.54, 1.807) is 18.2 Å². The van der Waals surface area contributed by atoms with Crippen molar-refractivity contribution in [3.8, 4) is 22.6 Å². The van der Waals surface area contributed by atoms with Gasteiger partial charge in [-0.3, -0.25) is 0 Å². The Bertz CT molecular complexity index is 722. The predicted octanol–water partition coefficient (Wildman–Crippen LogP) is 3.64.